The highest BCUT2D eigenvalue weighted by Crippen LogP contribution is 2.38. The molecule has 2 heterocycles. The number of fused-ring (bicyclic) bond motifs is 1. The summed E-state index contributed by atoms with van der Waals surface area (Å²) in [4.78, 5) is 17.6. The van der Waals surface area contributed by atoms with Crippen LogP contribution in [0.5, 0.6) is 5.75 Å². The average Bonchev–Trinajstić information content (AvgIpc) is 2.38. The van der Waals surface area contributed by atoms with Crippen molar-refractivity contribution in [2.24, 2.45) is 0 Å². The monoisotopic (exact) mass is 282 g/mol. The fourth-order valence-electron chi connectivity index (χ4n) is 2.10. The van der Waals surface area contributed by atoms with E-state index in [0.29, 0.717) is 23.7 Å². The molecule has 0 fully saturated rings. The first-order valence-electron chi connectivity index (χ1n) is 5.92. The molecule has 2 rings (SSSR count). The fraction of sp³-hybridized carbons (Fsp3) is 0.385. The summed E-state index contributed by atoms with van der Waals surface area (Å²) in [5.74, 6) is 0.295. The maximum absolute atomic E-state index is 11.2. The van der Waals surface area contributed by atoms with Crippen molar-refractivity contribution >= 4 is 28.4 Å². The van der Waals surface area contributed by atoms with Crippen molar-refractivity contribution < 1.29 is 14.6 Å². The molecule has 1 aliphatic rings. The largest absolute Gasteiger partial charge is 0.495 e. The lowest BCUT2D eigenvalue weighted by molar-refractivity contribution is -0.132. The Morgan fingerprint density at radius 2 is 2.32 bits per heavy atom. The maximum Gasteiger partial charge on any atom is 0.334 e. The first-order chi connectivity index (χ1) is 8.99. The Morgan fingerprint density at radius 1 is 1.63 bits per heavy atom. The average molecular weight is 283 g/mol. The number of anilines is 1. The van der Waals surface area contributed by atoms with Gasteiger partial charge in [-0.1, -0.05) is 11.6 Å². The van der Waals surface area contributed by atoms with Gasteiger partial charge >= 0.3 is 5.97 Å². The van der Waals surface area contributed by atoms with E-state index in [2.05, 4.69) is 4.98 Å². The highest BCUT2D eigenvalue weighted by atomic mass is 35.5. The number of pyridine rings is 1. The van der Waals surface area contributed by atoms with Gasteiger partial charge in [-0.05, 0) is 19.9 Å². The lowest BCUT2D eigenvalue weighted by Gasteiger charge is -2.30. The zero-order valence-electron chi connectivity index (χ0n) is 11.0. The van der Waals surface area contributed by atoms with Gasteiger partial charge in [-0.15, -0.1) is 0 Å². The van der Waals surface area contributed by atoms with Crippen LogP contribution in [0.25, 0.3) is 5.03 Å². The molecular weight excluding hydrogens is 268 g/mol. The number of rotatable bonds is 3. The second kappa shape index (κ2) is 5.09. The molecule has 6 heteroatoms. The summed E-state index contributed by atoms with van der Waals surface area (Å²) < 4.78 is 5.21. The first-order valence-corrected chi connectivity index (χ1v) is 6.30. The van der Waals surface area contributed by atoms with Crippen molar-refractivity contribution in [3.05, 3.63) is 22.9 Å². The molecule has 0 aliphatic carbocycles. The third kappa shape index (κ3) is 2.26. The van der Waals surface area contributed by atoms with E-state index < -0.39 is 5.97 Å². The van der Waals surface area contributed by atoms with Gasteiger partial charge in [-0.25, -0.2) is 9.78 Å². The molecule has 0 unspecified atom stereocenters. The number of likely N-dealkylation sites (N-methyl/N-ethyl adjacent to an activating group) is 1. The molecular formula is C13H15ClN2O3. The van der Waals surface area contributed by atoms with Gasteiger partial charge in [0, 0.05) is 12.1 Å². The third-order valence-corrected chi connectivity index (χ3v) is 3.59. The predicted molar refractivity (Wildman–Crippen MR) is 73.8 cm³/mol. The third-order valence-electron chi connectivity index (χ3n) is 3.16. The van der Waals surface area contributed by atoms with Gasteiger partial charge in [0.2, 0.25) is 0 Å². The molecule has 0 bridgehead atoms. The number of aryl methyl sites for hydroxylation is 1. The second-order valence-electron chi connectivity index (χ2n) is 4.26. The van der Waals surface area contributed by atoms with Crippen LogP contribution < -0.4 is 9.64 Å². The number of ether oxygens (including phenoxy) is 1. The molecule has 0 amide bonds. The molecule has 0 aromatic carbocycles. The summed E-state index contributed by atoms with van der Waals surface area (Å²) in [5.41, 5.74) is 1.54. The van der Waals surface area contributed by atoms with Crippen LogP contribution in [0.1, 0.15) is 18.2 Å². The number of nitrogens with zero attached hydrogens (tertiary/aromatic N) is 2. The molecule has 1 N–H and O–H groups in total. The predicted octanol–water partition coefficient (Wildman–Crippen LogP) is 2.27. The van der Waals surface area contributed by atoms with Gasteiger partial charge < -0.3 is 14.7 Å². The normalized spacial score (nSPS) is 14.4. The maximum atomic E-state index is 11.2. The Kier molecular flexibility index (Phi) is 3.66. The van der Waals surface area contributed by atoms with E-state index in [9.17, 15) is 9.90 Å². The number of hydrogen-bond acceptors (Lipinski definition) is 4. The lowest BCUT2D eigenvalue weighted by atomic mass is 10.0. The summed E-state index contributed by atoms with van der Waals surface area (Å²) in [6.45, 7) is 4.71. The quantitative estimate of drug-likeness (QED) is 0.921. The van der Waals surface area contributed by atoms with Gasteiger partial charge in [0.15, 0.2) is 0 Å². The molecule has 0 atom stereocenters. The van der Waals surface area contributed by atoms with Crippen molar-refractivity contribution in [2.75, 3.05) is 25.1 Å². The first kappa shape index (κ1) is 13.7. The molecule has 0 spiro atoms. The van der Waals surface area contributed by atoms with Crippen molar-refractivity contribution in [1.29, 1.82) is 0 Å². The zero-order valence-corrected chi connectivity index (χ0v) is 11.8. The lowest BCUT2D eigenvalue weighted by Crippen LogP contribution is -2.32. The number of halogens is 1. The Labute approximate surface area is 116 Å². The highest BCUT2D eigenvalue weighted by Gasteiger charge is 2.28. The number of hydrogen-bond donors (Lipinski definition) is 1. The van der Waals surface area contributed by atoms with Gasteiger partial charge in [0.1, 0.15) is 11.6 Å². The van der Waals surface area contributed by atoms with E-state index in [1.165, 1.54) is 0 Å². The van der Waals surface area contributed by atoms with Crippen LogP contribution >= 0.6 is 11.6 Å². The molecule has 0 saturated heterocycles. The van der Waals surface area contributed by atoms with E-state index in [0.717, 1.165) is 5.69 Å². The minimum Gasteiger partial charge on any atom is -0.495 e. The van der Waals surface area contributed by atoms with Gasteiger partial charge in [-0.3, -0.25) is 0 Å². The van der Waals surface area contributed by atoms with E-state index >= 15 is 0 Å². The van der Waals surface area contributed by atoms with Crippen LogP contribution in [-0.4, -0.2) is 36.3 Å². The van der Waals surface area contributed by atoms with Crippen molar-refractivity contribution in [3.63, 3.8) is 0 Å². The minimum atomic E-state index is -1.01. The van der Waals surface area contributed by atoms with Gasteiger partial charge in [0.25, 0.3) is 0 Å². The van der Waals surface area contributed by atoms with E-state index in [1.54, 1.807) is 13.2 Å². The summed E-state index contributed by atoms with van der Waals surface area (Å²) in [6, 6.07) is 1.74. The molecule has 5 nitrogen and oxygen atoms in total. The Balaban J connectivity index is 2.67. The number of methoxy groups -OCH3 is 1. The van der Waals surface area contributed by atoms with Crippen molar-refractivity contribution in [3.8, 4) is 5.75 Å². The smallest absolute Gasteiger partial charge is 0.334 e. The van der Waals surface area contributed by atoms with Crippen LogP contribution in [0, 0.1) is 6.92 Å². The summed E-state index contributed by atoms with van der Waals surface area (Å²) in [5, 5.41) is 9.44. The van der Waals surface area contributed by atoms with Crippen LogP contribution in [0.2, 0.25) is 0 Å². The molecule has 0 radical (unpaired) electrons. The molecule has 1 aliphatic heterocycles. The molecule has 1 aromatic heterocycles. The molecule has 1 aromatic rings. The highest BCUT2D eigenvalue weighted by molar-refractivity contribution is 6.51. The molecule has 102 valence electrons. The Hall–Kier alpha value is -1.75. The fourth-order valence-corrected chi connectivity index (χ4v) is 2.38. The summed E-state index contributed by atoms with van der Waals surface area (Å²) >= 11 is 6.19. The minimum absolute atomic E-state index is 0.184. The van der Waals surface area contributed by atoms with E-state index in [4.69, 9.17) is 16.3 Å². The van der Waals surface area contributed by atoms with Crippen LogP contribution in [-0.2, 0) is 4.79 Å². The number of carbonyl (C=O) groups is 1. The van der Waals surface area contributed by atoms with Crippen molar-refractivity contribution in [2.45, 2.75) is 13.8 Å². The topological polar surface area (TPSA) is 62.7 Å². The number of carboxylic acid groups (broad SMARTS) is 1. The second-order valence-corrected chi connectivity index (χ2v) is 4.64. The van der Waals surface area contributed by atoms with E-state index in [-0.39, 0.29) is 17.2 Å². The van der Waals surface area contributed by atoms with Crippen LogP contribution in [0.4, 0.5) is 5.82 Å². The number of aromatic nitrogens is 1. The SMILES string of the molecule is CCN1CC(C(=O)O)=C(Cl)c2cc(OC)c(C)nc21. The summed E-state index contributed by atoms with van der Waals surface area (Å²) in [6.07, 6.45) is 0. The molecule has 0 saturated carbocycles. The van der Waals surface area contributed by atoms with Crippen LogP contribution in [0.3, 0.4) is 0 Å². The Bertz CT molecular complexity index is 569. The standard InChI is InChI=1S/C13H15ClN2O3/c1-4-16-6-9(13(17)18)11(14)8-5-10(19-3)7(2)15-12(8)16/h5H,4,6H2,1-3H3,(H,17,18). The van der Waals surface area contributed by atoms with Crippen molar-refractivity contribution in [1.82, 2.24) is 4.98 Å². The number of carboxylic acids is 1. The van der Waals surface area contributed by atoms with Gasteiger partial charge in [0.05, 0.1) is 30.0 Å². The van der Waals surface area contributed by atoms with Crippen LogP contribution in [0.15, 0.2) is 11.6 Å². The molecule has 19 heavy (non-hydrogen) atoms. The van der Waals surface area contributed by atoms with Gasteiger partial charge in [-0.2, -0.15) is 0 Å². The number of aliphatic carboxylic acids is 1. The Morgan fingerprint density at radius 3 is 2.84 bits per heavy atom. The zero-order chi connectivity index (χ0) is 14.2. The van der Waals surface area contributed by atoms with E-state index in [1.807, 2.05) is 18.7 Å². The summed E-state index contributed by atoms with van der Waals surface area (Å²) in [7, 11) is 1.55.